The van der Waals surface area contributed by atoms with Gasteiger partial charge >= 0.3 is 0 Å². The number of nitrogens with zero attached hydrogens (tertiary/aromatic N) is 4. The van der Waals surface area contributed by atoms with Crippen molar-refractivity contribution in [2.75, 3.05) is 11.9 Å². The Bertz CT molecular complexity index is 536. The quantitative estimate of drug-likeness (QED) is 0.865. The lowest BCUT2D eigenvalue weighted by molar-refractivity contribution is 0.365. The Hall–Kier alpha value is -1.65. The van der Waals surface area contributed by atoms with Crippen molar-refractivity contribution in [1.82, 2.24) is 19.7 Å². The van der Waals surface area contributed by atoms with Gasteiger partial charge in [-0.15, -0.1) is 0 Å². The lowest BCUT2D eigenvalue weighted by atomic mass is 10.1. The number of fused-ring (bicyclic) bond motifs is 1. The molecule has 92 valence electrons. The van der Waals surface area contributed by atoms with Crippen LogP contribution in [0, 0.1) is 6.92 Å². The maximum absolute atomic E-state index is 4.49. The molecule has 0 unspecified atom stereocenters. The van der Waals surface area contributed by atoms with Gasteiger partial charge in [-0.3, -0.25) is 0 Å². The fraction of sp³-hybridized carbons (Fsp3) is 0.583. The summed E-state index contributed by atoms with van der Waals surface area (Å²) in [4.78, 5) is 8.91. The Balaban J connectivity index is 2.69. The maximum atomic E-state index is 4.49. The lowest BCUT2D eigenvalue weighted by Gasteiger charge is -2.19. The molecule has 0 aliphatic rings. The van der Waals surface area contributed by atoms with Crippen molar-refractivity contribution in [1.29, 1.82) is 0 Å². The van der Waals surface area contributed by atoms with E-state index in [4.69, 9.17) is 0 Å². The Morgan fingerprint density at radius 3 is 2.59 bits per heavy atom. The fourth-order valence-corrected chi connectivity index (χ4v) is 1.81. The number of aromatic nitrogens is 4. The van der Waals surface area contributed by atoms with Crippen LogP contribution in [0.15, 0.2) is 6.20 Å². The Morgan fingerprint density at radius 1 is 1.29 bits per heavy atom. The second kappa shape index (κ2) is 3.98. The highest BCUT2D eigenvalue weighted by molar-refractivity contribution is 5.86. The molecule has 2 heterocycles. The minimum absolute atomic E-state index is 0.0774. The van der Waals surface area contributed by atoms with Crippen LogP contribution in [0.25, 0.3) is 11.0 Å². The summed E-state index contributed by atoms with van der Waals surface area (Å²) in [6.07, 6.45) is 1.83. The Morgan fingerprint density at radius 2 is 2.00 bits per heavy atom. The van der Waals surface area contributed by atoms with Gasteiger partial charge in [0.1, 0.15) is 11.6 Å². The maximum Gasteiger partial charge on any atom is 0.164 e. The first-order valence-electron chi connectivity index (χ1n) is 5.90. The minimum atomic E-state index is -0.0774. The molecular weight excluding hydrogens is 214 g/mol. The molecule has 0 aromatic carbocycles. The van der Waals surface area contributed by atoms with Gasteiger partial charge in [0.2, 0.25) is 0 Å². The van der Waals surface area contributed by atoms with Crippen LogP contribution in [0.4, 0.5) is 5.82 Å². The summed E-state index contributed by atoms with van der Waals surface area (Å²) in [5.41, 5.74) is 0.812. The normalized spacial score (nSPS) is 12.1. The summed E-state index contributed by atoms with van der Waals surface area (Å²) < 4.78 is 1.94. The van der Waals surface area contributed by atoms with E-state index in [2.05, 4.69) is 48.1 Å². The molecule has 0 aliphatic carbocycles. The van der Waals surface area contributed by atoms with E-state index >= 15 is 0 Å². The van der Waals surface area contributed by atoms with Crippen LogP contribution in [0.1, 0.15) is 33.5 Å². The summed E-state index contributed by atoms with van der Waals surface area (Å²) in [5.74, 6) is 1.63. The topological polar surface area (TPSA) is 55.6 Å². The van der Waals surface area contributed by atoms with Crippen LogP contribution in [0.5, 0.6) is 0 Å². The van der Waals surface area contributed by atoms with Crippen molar-refractivity contribution in [2.24, 2.45) is 0 Å². The molecule has 2 aromatic rings. The Kier molecular flexibility index (Phi) is 2.77. The van der Waals surface area contributed by atoms with Gasteiger partial charge in [0.15, 0.2) is 5.65 Å². The molecule has 1 N–H and O–H groups in total. The van der Waals surface area contributed by atoms with Crippen LogP contribution in [-0.2, 0) is 5.54 Å². The number of hydrogen-bond donors (Lipinski definition) is 1. The molecule has 0 aliphatic heterocycles. The highest BCUT2D eigenvalue weighted by atomic mass is 15.3. The molecule has 2 rings (SSSR count). The van der Waals surface area contributed by atoms with E-state index < -0.39 is 0 Å². The van der Waals surface area contributed by atoms with Crippen molar-refractivity contribution < 1.29 is 0 Å². The van der Waals surface area contributed by atoms with Gasteiger partial charge in [-0.1, -0.05) is 0 Å². The van der Waals surface area contributed by atoms with E-state index in [1.54, 1.807) is 0 Å². The van der Waals surface area contributed by atoms with Crippen molar-refractivity contribution in [3.63, 3.8) is 0 Å². The molecule has 17 heavy (non-hydrogen) atoms. The monoisotopic (exact) mass is 233 g/mol. The molecule has 0 radical (unpaired) electrons. The molecule has 0 saturated heterocycles. The van der Waals surface area contributed by atoms with Crippen LogP contribution in [0.3, 0.4) is 0 Å². The molecule has 5 nitrogen and oxygen atoms in total. The van der Waals surface area contributed by atoms with E-state index in [0.717, 1.165) is 29.2 Å². The summed E-state index contributed by atoms with van der Waals surface area (Å²) in [6, 6.07) is 0. The smallest absolute Gasteiger partial charge is 0.164 e. The molecule has 0 spiro atoms. The van der Waals surface area contributed by atoms with E-state index in [9.17, 15) is 0 Å². The van der Waals surface area contributed by atoms with Gasteiger partial charge < -0.3 is 5.32 Å². The molecule has 0 bridgehead atoms. The van der Waals surface area contributed by atoms with E-state index in [1.807, 2.05) is 17.8 Å². The van der Waals surface area contributed by atoms with E-state index in [1.165, 1.54) is 0 Å². The summed E-state index contributed by atoms with van der Waals surface area (Å²) in [7, 11) is 0. The first-order chi connectivity index (χ1) is 7.93. The van der Waals surface area contributed by atoms with Crippen molar-refractivity contribution >= 4 is 16.9 Å². The van der Waals surface area contributed by atoms with Gasteiger partial charge in [0.05, 0.1) is 17.1 Å². The molecule has 5 heteroatoms. The van der Waals surface area contributed by atoms with Crippen LogP contribution in [-0.4, -0.2) is 26.3 Å². The average molecular weight is 233 g/mol. The van der Waals surface area contributed by atoms with Crippen LogP contribution < -0.4 is 5.32 Å². The number of anilines is 1. The highest BCUT2D eigenvalue weighted by Crippen LogP contribution is 2.24. The third kappa shape index (κ3) is 2.09. The number of aryl methyl sites for hydroxylation is 1. The van der Waals surface area contributed by atoms with E-state index in [0.29, 0.717) is 0 Å². The van der Waals surface area contributed by atoms with E-state index in [-0.39, 0.29) is 5.54 Å². The largest absolute Gasteiger partial charge is 0.370 e. The summed E-state index contributed by atoms with van der Waals surface area (Å²) in [6.45, 7) is 11.1. The number of rotatable bonds is 2. The SMILES string of the molecule is CCNc1nc(C)nc2c1cnn2C(C)(C)C. The predicted octanol–water partition coefficient (Wildman–Crippen LogP) is 2.32. The molecular formula is C12H19N5. The zero-order valence-electron chi connectivity index (χ0n) is 11.1. The first kappa shape index (κ1) is 11.8. The van der Waals surface area contributed by atoms with Crippen LogP contribution >= 0.6 is 0 Å². The molecule has 0 amide bonds. The van der Waals surface area contributed by atoms with Crippen LogP contribution in [0.2, 0.25) is 0 Å². The van der Waals surface area contributed by atoms with Crippen molar-refractivity contribution in [2.45, 2.75) is 40.2 Å². The van der Waals surface area contributed by atoms with Gasteiger partial charge in [0.25, 0.3) is 0 Å². The zero-order chi connectivity index (χ0) is 12.6. The fourth-order valence-electron chi connectivity index (χ4n) is 1.81. The van der Waals surface area contributed by atoms with Gasteiger partial charge in [-0.2, -0.15) is 5.10 Å². The Labute approximate surface area is 101 Å². The third-order valence-electron chi connectivity index (χ3n) is 2.52. The molecule has 0 fully saturated rings. The second-order valence-corrected chi connectivity index (χ2v) is 5.11. The van der Waals surface area contributed by atoms with Crippen molar-refractivity contribution in [3.05, 3.63) is 12.0 Å². The second-order valence-electron chi connectivity index (χ2n) is 5.11. The molecule has 0 saturated carbocycles. The third-order valence-corrected chi connectivity index (χ3v) is 2.52. The summed E-state index contributed by atoms with van der Waals surface area (Å²) in [5, 5.41) is 8.66. The van der Waals surface area contributed by atoms with Crippen molar-refractivity contribution in [3.8, 4) is 0 Å². The van der Waals surface area contributed by atoms with Gasteiger partial charge in [0, 0.05) is 6.54 Å². The molecule has 0 atom stereocenters. The number of nitrogens with one attached hydrogen (secondary N) is 1. The highest BCUT2D eigenvalue weighted by Gasteiger charge is 2.19. The molecule has 2 aromatic heterocycles. The first-order valence-corrected chi connectivity index (χ1v) is 5.90. The average Bonchev–Trinajstić information content (AvgIpc) is 2.60. The van der Waals surface area contributed by atoms with Gasteiger partial charge in [-0.05, 0) is 34.6 Å². The predicted molar refractivity (Wildman–Crippen MR) is 69.2 cm³/mol. The minimum Gasteiger partial charge on any atom is -0.370 e. The summed E-state index contributed by atoms with van der Waals surface area (Å²) >= 11 is 0. The van der Waals surface area contributed by atoms with Gasteiger partial charge in [-0.25, -0.2) is 14.6 Å². The zero-order valence-corrected chi connectivity index (χ0v) is 11.1. The standard InChI is InChI=1S/C12H19N5/c1-6-13-10-9-7-14-17(12(3,4)5)11(9)16-8(2)15-10/h7H,6H2,1-5H3,(H,13,15,16). The lowest BCUT2D eigenvalue weighted by Crippen LogP contribution is -2.23. The number of hydrogen-bond acceptors (Lipinski definition) is 4.